The van der Waals surface area contributed by atoms with Crippen LogP contribution in [0.15, 0.2) is 0 Å². The van der Waals surface area contributed by atoms with E-state index in [-0.39, 0.29) is 0 Å². The Morgan fingerprint density at radius 3 is 2.63 bits per heavy atom. The van der Waals surface area contributed by atoms with Gasteiger partial charge in [0.1, 0.15) is 0 Å². The number of piperidine rings is 1. The van der Waals surface area contributed by atoms with Gasteiger partial charge >= 0.3 is 0 Å². The minimum atomic E-state index is 0.590. The molecule has 1 heterocycles. The highest BCUT2D eigenvalue weighted by atomic mass is 32.2. The topological polar surface area (TPSA) is 24.1 Å². The molecule has 3 heteroatoms. The van der Waals surface area contributed by atoms with Crippen molar-refractivity contribution in [3.63, 3.8) is 0 Å². The second kappa shape index (κ2) is 6.36. The summed E-state index contributed by atoms with van der Waals surface area (Å²) >= 11 is 2.10. The lowest BCUT2D eigenvalue weighted by Crippen LogP contribution is -2.51. The quantitative estimate of drug-likeness (QED) is 0.810. The number of thioether (sulfide) groups is 1. The fraction of sp³-hybridized carbons (Fsp3) is 1.00. The van der Waals surface area contributed by atoms with Crippen molar-refractivity contribution < 1.29 is 0 Å². The van der Waals surface area contributed by atoms with E-state index in [4.69, 9.17) is 0 Å². The van der Waals surface area contributed by atoms with Crippen LogP contribution in [0.25, 0.3) is 0 Å². The first-order valence-corrected chi connectivity index (χ1v) is 9.57. The summed E-state index contributed by atoms with van der Waals surface area (Å²) in [6.45, 7) is 2.50. The first-order chi connectivity index (χ1) is 9.33. The summed E-state index contributed by atoms with van der Waals surface area (Å²) in [5, 5.41) is 7.75. The summed E-state index contributed by atoms with van der Waals surface area (Å²) in [5.41, 5.74) is 0. The molecule has 0 spiro atoms. The van der Waals surface area contributed by atoms with Gasteiger partial charge < -0.3 is 10.6 Å². The van der Waals surface area contributed by atoms with Crippen LogP contribution >= 0.6 is 11.8 Å². The Balaban J connectivity index is 1.51. The van der Waals surface area contributed by atoms with Crippen LogP contribution in [0.1, 0.15) is 57.8 Å². The Bertz CT molecular complexity index is 279. The molecule has 3 fully saturated rings. The number of hydrogen-bond donors (Lipinski definition) is 2. The first-order valence-electron chi connectivity index (χ1n) is 8.35. The zero-order valence-electron chi connectivity index (χ0n) is 12.4. The normalized spacial score (nSPS) is 38.1. The van der Waals surface area contributed by atoms with Gasteiger partial charge in [0.25, 0.3) is 0 Å². The van der Waals surface area contributed by atoms with Crippen molar-refractivity contribution >= 4 is 11.8 Å². The van der Waals surface area contributed by atoms with E-state index in [1.54, 1.807) is 0 Å². The summed E-state index contributed by atoms with van der Waals surface area (Å²) < 4.78 is 0.590. The van der Waals surface area contributed by atoms with Crippen molar-refractivity contribution in [2.45, 2.75) is 74.6 Å². The van der Waals surface area contributed by atoms with Crippen molar-refractivity contribution in [3.8, 4) is 0 Å². The van der Waals surface area contributed by atoms with E-state index in [0.717, 1.165) is 18.0 Å². The minimum absolute atomic E-state index is 0.590. The average molecular weight is 282 g/mol. The van der Waals surface area contributed by atoms with Gasteiger partial charge in [0.2, 0.25) is 0 Å². The molecule has 0 radical (unpaired) electrons. The Hall–Kier alpha value is 0.270. The predicted molar refractivity (Wildman–Crippen MR) is 84.9 cm³/mol. The molecule has 1 aliphatic heterocycles. The van der Waals surface area contributed by atoms with E-state index < -0.39 is 0 Å². The van der Waals surface area contributed by atoms with Gasteiger partial charge in [-0.25, -0.2) is 0 Å². The van der Waals surface area contributed by atoms with Crippen LogP contribution < -0.4 is 10.6 Å². The third-order valence-corrected chi connectivity index (χ3v) is 7.24. The molecule has 0 aromatic carbocycles. The number of hydrogen-bond acceptors (Lipinski definition) is 3. The maximum Gasteiger partial charge on any atom is 0.0281 e. The second-order valence-corrected chi connectivity index (χ2v) is 8.15. The Morgan fingerprint density at radius 2 is 2.00 bits per heavy atom. The molecule has 2 aliphatic carbocycles. The van der Waals surface area contributed by atoms with Gasteiger partial charge in [-0.05, 0) is 57.2 Å². The molecule has 3 atom stereocenters. The SMILES string of the molecule is CSC1(CNC2CCCC2C2CCCCN2)CCC1. The van der Waals surface area contributed by atoms with Gasteiger partial charge in [0, 0.05) is 23.4 Å². The molecule has 2 saturated carbocycles. The molecule has 0 aromatic rings. The molecule has 1 saturated heterocycles. The average Bonchev–Trinajstić information content (AvgIpc) is 2.87. The van der Waals surface area contributed by atoms with Crippen molar-refractivity contribution in [3.05, 3.63) is 0 Å². The predicted octanol–water partition coefficient (Wildman–Crippen LogP) is 3.17. The largest absolute Gasteiger partial charge is 0.314 e. The van der Waals surface area contributed by atoms with Crippen LogP contribution in [0.5, 0.6) is 0 Å². The monoisotopic (exact) mass is 282 g/mol. The van der Waals surface area contributed by atoms with E-state index >= 15 is 0 Å². The molecule has 3 unspecified atom stereocenters. The molecule has 2 nitrogen and oxygen atoms in total. The molecular formula is C16H30N2S. The summed E-state index contributed by atoms with van der Waals surface area (Å²) in [5.74, 6) is 0.902. The molecule has 3 aliphatic rings. The molecule has 0 amide bonds. The van der Waals surface area contributed by atoms with Gasteiger partial charge in [0.15, 0.2) is 0 Å². The maximum absolute atomic E-state index is 3.96. The van der Waals surface area contributed by atoms with Crippen LogP contribution in [0.2, 0.25) is 0 Å². The third-order valence-electron chi connectivity index (χ3n) is 5.82. The minimum Gasteiger partial charge on any atom is -0.314 e. The number of nitrogens with one attached hydrogen (secondary N) is 2. The van der Waals surface area contributed by atoms with Crippen LogP contribution in [-0.4, -0.2) is 36.2 Å². The van der Waals surface area contributed by atoms with Crippen LogP contribution in [0.4, 0.5) is 0 Å². The van der Waals surface area contributed by atoms with Gasteiger partial charge in [0.05, 0.1) is 0 Å². The molecule has 2 N–H and O–H groups in total. The van der Waals surface area contributed by atoms with Crippen molar-refractivity contribution in [2.75, 3.05) is 19.3 Å². The first kappa shape index (κ1) is 14.2. The van der Waals surface area contributed by atoms with Gasteiger partial charge in [-0.2, -0.15) is 11.8 Å². The maximum atomic E-state index is 3.96. The summed E-state index contributed by atoms with van der Waals surface area (Å²) in [7, 11) is 0. The third kappa shape index (κ3) is 3.14. The van der Waals surface area contributed by atoms with Gasteiger partial charge in [-0.1, -0.05) is 19.3 Å². The summed E-state index contributed by atoms with van der Waals surface area (Å²) in [6, 6.07) is 1.60. The van der Waals surface area contributed by atoms with Crippen LogP contribution in [-0.2, 0) is 0 Å². The lowest BCUT2D eigenvalue weighted by atomic mass is 9.83. The van der Waals surface area contributed by atoms with Crippen molar-refractivity contribution in [2.24, 2.45) is 5.92 Å². The van der Waals surface area contributed by atoms with E-state index in [1.165, 1.54) is 70.9 Å². The molecule has 3 rings (SSSR count). The molecule has 0 bridgehead atoms. The van der Waals surface area contributed by atoms with Crippen LogP contribution in [0, 0.1) is 5.92 Å². The smallest absolute Gasteiger partial charge is 0.0281 e. The lowest BCUT2D eigenvalue weighted by molar-refractivity contribution is 0.243. The number of rotatable bonds is 5. The van der Waals surface area contributed by atoms with Crippen molar-refractivity contribution in [1.29, 1.82) is 0 Å². The van der Waals surface area contributed by atoms with Gasteiger partial charge in [-0.3, -0.25) is 0 Å². The zero-order valence-corrected chi connectivity index (χ0v) is 13.2. The van der Waals surface area contributed by atoms with E-state index in [9.17, 15) is 0 Å². The highest BCUT2D eigenvalue weighted by molar-refractivity contribution is 8.00. The summed E-state index contributed by atoms with van der Waals surface area (Å²) in [6.07, 6.45) is 15.1. The molecule has 19 heavy (non-hydrogen) atoms. The van der Waals surface area contributed by atoms with Crippen molar-refractivity contribution in [1.82, 2.24) is 10.6 Å². The Labute approximate surface area is 122 Å². The molecular weight excluding hydrogens is 252 g/mol. The highest BCUT2D eigenvalue weighted by Gasteiger charge is 2.39. The van der Waals surface area contributed by atoms with E-state index in [1.807, 2.05) is 0 Å². The highest BCUT2D eigenvalue weighted by Crippen LogP contribution is 2.42. The fourth-order valence-electron chi connectivity index (χ4n) is 4.31. The molecule has 0 aromatic heterocycles. The van der Waals surface area contributed by atoms with E-state index in [2.05, 4.69) is 28.7 Å². The molecule has 110 valence electrons. The van der Waals surface area contributed by atoms with E-state index in [0.29, 0.717) is 4.75 Å². The fourth-order valence-corrected chi connectivity index (χ4v) is 5.23. The Morgan fingerprint density at radius 1 is 1.11 bits per heavy atom. The Kier molecular flexibility index (Phi) is 4.76. The second-order valence-electron chi connectivity index (χ2n) is 6.88. The summed E-state index contributed by atoms with van der Waals surface area (Å²) in [4.78, 5) is 0. The zero-order chi connectivity index (χ0) is 13.1. The van der Waals surface area contributed by atoms with Gasteiger partial charge in [-0.15, -0.1) is 0 Å². The standard InChI is InChI=1S/C16H30N2S/c1-19-16(9-5-10-16)12-18-15-8-4-6-13(15)14-7-2-3-11-17-14/h13-15,17-18H,2-12H2,1H3. The lowest BCUT2D eigenvalue weighted by Gasteiger charge is -2.42. The van der Waals surface area contributed by atoms with Crippen LogP contribution in [0.3, 0.4) is 0 Å².